The van der Waals surface area contributed by atoms with Crippen molar-refractivity contribution in [3.63, 3.8) is 0 Å². The summed E-state index contributed by atoms with van der Waals surface area (Å²) in [6.45, 7) is 5.26. The summed E-state index contributed by atoms with van der Waals surface area (Å²) in [6.07, 6.45) is 2.74. The number of benzene rings is 1. The van der Waals surface area contributed by atoms with Crippen LogP contribution in [-0.2, 0) is 4.74 Å². The molecule has 2 aliphatic heterocycles. The van der Waals surface area contributed by atoms with E-state index in [-0.39, 0.29) is 17.9 Å². The highest BCUT2D eigenvalue weighted by Crippen LogP contribution is 2.40. The van der Waals surface area contributed by atoms with Gasteiger partial charge >= 0.3 is 0 Å². The van der Waals surface area contributed by atoms with Crippen molar-refractivity contribution in [2.75, 3.05) is 39.4 Å². The van der Waals surface area contributed by atoms with E-state index >= 15 is 0 Å². The molecule has 1 aromatic carbocycles. The predicted octanol–water partition coefficient (Wildman–Crippen LogP) is 4.94. The van der Waals surface area contributed by atoms with Gasteiger partial charge in [-0.25, -0.2) is 4.39 Å². The van der Waals surface area contributed by atoms with E-state index in [1.807, 2.05) is 36.4 Å². The fourth-order valence-corrected chi connectivity index (χ4v) is 5.26. The maximum Gasteiger partial charge on any atom is 0.170 e. The summed E-state index contributed by atoms with van der Waals surface area (Å²) >= 11 is 9.06. The lowest BCUT2D eigenvalue weighted by molar-refractivity contribution is 0.0365. The Morgan fingerprint density at radius 2 is 1.97 bits per heavy atom. The van der Waals surface area contributed by atoms with Gasteiger partial charge < -0.3 is 19.4 Å². The number of rotatable bonds is 7. The average molecular weight is 545 g/mol. The number of pyridine rings is 1. The number of morpholine rings is 1. The summed E-state index contributed by atoms with van der Waals surface area (Å²) in [5.41, 5.74) is 1.31. The minimum absolute atomic E-state index is 0.161. The van der Waals surface area contributed by atoms with Crippen LogP contribution in [0.15, 0.2) is 63.6 Å². The molecule has 0 aliphatic carbocycles. The van der Waals surface area contributed by atoms with Gasteiger partial charge in [-0.05, 0) is 61.1 Å². The van der Waals surface area contributed by atoms with E-state index in [4.69, 9.17) is 21.4 Å². The molecular formula is C25H26BrFN4O2S. The molecule has 9 heteroatoms. The molecule has 34 heavy (non-hydrogen) atoms. The standard InChI is InChI=1S/C25H26BrFN4O2S/c26-17-5-6-18(19(27)16-17)21-7-8-22(33-21)24-23(20-4-1-2-9-28-20)29-25(34)31(24)11-3-10-30-12-14-32-15-13-30/h1-2,4-9,16,23-24H,3,10-15H2,(H,29,34)/t23-,24+/m0/s1. The zero-order valence-corrected chi connectivity index (χ0v) is 21.0. The van der Waals surface area contributed by atoms with E-state index in [0.29, 0.717) is 20.9 Å². The lowest BCUT2D eigenvalue weighted by atomic mass is 10.0. The summed E-state index contributed by atoms with van der Waals surface area (Å²) in [6, 6.07) is 14.2. The van der Waals surface area contributed by atoms with Crippen molar-refractivity contribution in [2.24, 2.45) is 0 Å². The molecule has 2 saturated heterocycles. The van der Waals surface area contributed by atoms with Gasteiger partial charge in [0, 0.05) is 36.8 Å². The first-order chi connectivity index (χ1) is 16.6. The van der Waals surface area contributed by atoms with Gasteiger partial charge in [-0.3, -0.25) is 9.88 Å². The van der Waals surface area contributed by atoms with Crippen LogP contribution < -0.4 is 5.32 Å². The summed E-state index contributed by atoms with van der Waals surface area (Å²) in [7, 11) is 0. The zero-order chi connectivity index (χ0) is 23.5. The van der Waals surface area contributed by atoms with Crippen molar-refractivity contribution in [1.82, 2.24) is 20.1 Å². The van der Waals surface area contributed by atoms with Gasteiger partial charge in [-0.15, -0.1) is 0 Å². The molecule has 5 rings (SSSR count). The van der Waals surface area contributed by atoms with Crippen LogP contribution in [0.1, 0.15) is 30.0 Å². The van der Waals surface area contributed by atoms with Crippen LogP contribution in [0, 0.1) is 5.82 Å². The van der Waals surface area contributed by atoms with Crippen LogP contribution >= 0.6 is 28.1 Å². The Bertz CT molecular complexity index is 1140. The molecule has 0 amide bonds. The van der Waals surface area contributed by atoms with Crippen LogP contribution in [0.2, 0.25) is 0 Å². The molecule has 0 bridgehead atoms. The second kappa shape index (κ2) is 10.5. The lowest BCUT2D eigenvalue weighted by Gasteiger charge is -2.29. The Morgan fingerprint density at radius 3 is 2.74 bits per heavy atom. The SMILES string of the molecule is Fc1cc(Br)ccc1-c1ccc([C@@H]2[C@H](c3ccccn3)NC(=S)N2CCCN2CCOCC2)o1. The first-order valence-electron chi connectivity index (χ1n) is 11.4. The number of furan rings is 1. The summed E-state index contributed by atoms with van der Waals surface area (Å²) in [4.78, 5) is 9.17. The third-order valence-corrected chi connectivity index (χ3v) is 7.14. The van der Waals surface area contributed by atoms with Gasteiger partial charge in [-0.1, -0.05) is 22.0 Å². The van der Waals surface area contributed by atoms with E-state index in [9.17, 15) is 4.39 Å². The molecule has 3 aromatic rings. The number of nitrogens with one attached hydrogen (secondary N) is 1. The second-order valence-corrected chi connectivity index (χ2v) is 9.76. The molecule has 2 aromatic heterocycles. The van der Waals surface area contributed by atoms with E-state index in [0.717, 1.165) is 57.3 Å². The Balaban J connectivity index is 1.41. The maximum atomic E-state index is 14.6. The fraction of sp³-hybridized carbons (Fsp3) is 0.360. The Morgan fingerprint density at radius 1 is 1.12 bits per heavy atom. The molecule has 0 unspecified atom stereocenters. The molecule has 2 atom stereocenters. The quantitative estimate of drug-likeness (QED) is 0.423. The lowest BCUT2D eigenvalue weighted by Crippen LogP contribution is -2.38. The predicted molar refractivity (Wildman–Crippen MR) is 136 cm³/mol. The number of ether oxygens (including phenoxy) is 1. The molecule has 0 spiro atoms. The van der Waals surface area contributed by atoms with E-state index in [1.54, 1.807) is 12.3 Å². The van der Waals surface area contributed by atoms with Crippen molar-refractivity contribution in [2.45, 2.75) is 18.5 Å². The average Bonchev–Trinajstić information content (AvgIpc) is 3.45. The maximum absolute atomic E-state index is 14.6. The molecule has 0 radical (unpaired) electrons. The molecule has 2 fully saturated rings. The van der Waals surface area contributed by atoms with Gasteiger partial charge in [0.25, 0.3) is 0 Å². The van der Waals surface area contributed by atoms with Crippen LogP contribution in [-0.4, -0.2) is 59.3 Å². The van der Waals surface area contributed by atoms with Gasteiger partial charge in [0.05, 0.1) is 30.5 Å². The molecular weight excluding hydrogens is 519 g/mol. The number of halogens is 2. The highest BCUT2D eigenvalue weighted by atomic mass is 79.9. The van der Waals surface area contributed by atoms with Crippen molar-refractivity contribution >= 4 is 33.3 Å². The Hall–Kier alpha value is -2.33. The van der Waals surface area contributed by atoms with Gasteiger partial charge in [0.15, 0.2) is 5.11 Å². The van der Waals surface area contributed by atoms with Crippen molar-refractivity contribution in [3.8, 4) is 11.3 Å². The van der Waals surface area contributed by atoms with E-state index < -0.39 is 0 Å². The molecule has 0 saturated carbocycles. The Labute approximate surface area is 212 Å². The highest BCUT2D eigenvalue weighted by molar-refractivity contribution is 9.10. The van der Waals surface area contributed by atoms with Crippen LogP contribution in [0.4, 0.5) is 4.39 Å². The van der Waals surface area contributed by atoms with Crippen molar-refractivity contribution in [1.29, 1.82) is 0 Å². The number of aromatic nitrogens is 1. The smallest absolute Gasteiger partial charge is 0.170 e. The first kappa shape index (κ1) is 23.4. The molecule has 1 N–H and O–H groups in total. The second-order valence-electron chi connectivity index (χ2n) is 8.45. The van der Waals surface area contributed by atoms with Crippen LogP contribution in [0.3, 0.4) is 0 Å². The number of hydrogen-bond donors (Lipinski definition) is 1. The molecule has 6 nitrogen and oxygen atoms in total. The van der Waals surface area contributed by atoms with Crippen molar-refractivity contribution in [3.05, 3.63) is 76.5 Å². The van der Waals surface area contributed by atoms with E-state index in [2.05, 4.69) is 36.0 Å². The van der Waals surface area contributed by atoms with Crippen LogP contribution in [0.25, 0.3) is 11.3 Å². The monoisotopic (exact) mass is 544 g/mol. The van der Waals surface area contributed by atoms with Crippen LogP contribution in [0.5, 0.6) is 0 Å². The first-order valence-corrected chi connectivity index (χ1v) is 12.6. The summed E-state index contributed by atoms with van der Waals surface area (Å²) < 4.78 is 27.0. The molecule has 4 heterocycles. The minimum atomic E-state index is -0.334. The zero-order valence-electron chi connectivity index (χ0n) is 18.6. The van der Waals surface area contributed by atoms with Crippen molar-refractivity contribution < 1.29 is 13.5 Å². The largest absolute Gasteiger partial charge is 0.459 e. The Kier molecular flexibility index (Phi) is 7.24. The van der Waals surface area contributed by atoms with Gasteiger partial charge in [0.2, 0.25) is 0 Å². The van der Waals surface area contributed by atoms with Gasteiger partial charge in [0.1, 0.15) is 23.4 Å². The summed E-state index contributed by atoms with van der Waals surface area (Å²) in [5, 5.41) is 4.12. The van der Waals surface area contributed by atoms with E-state index in [1.165, 1.54) is 6.07 Å². The van der Waals surface area contributed by atoms with Gasteiger partial charge in [-0.2, -0.15) is 0 Å². The highest BCUT2D eigenvalue weighted by Gasteiger charge is 2.41. The summed E-state index contributed by atoms with van der Waals surface area (Å²) in [5.74, 6) is 0.886. The third kappa shape index (κ3) is 5.02. The fourth-order valence-electron chi connectivity index (χ4n) is 4.59. The minimum Gasteiger partial charge on any atom is -0.459 e. The number of thiocarbonyl (C=S) groups is 1. The number of nitrogens with zero attached hydrogens (tertiary/aromatic N) is 3. The molecule has 178 valence electrons. The number of hydrogen-bond acceptors (Lipinski definition) is 5. The normalized spacial score (nSPS) is 21.1. The molecule has 2 aliphatic rings. The third-order valence-electron chi connectivity index (χ3n) is 6.29. The topological polar surface area (TPSA) is 53.8 Å².